The molecule has 3 heteroatoms. The van der Waals surface area contributed by atoms with Crippen molar-refractivity contribution in [3.05, 3.63) is 29.6 Å². The number of aryl methyl sites for hydroxylation is 1. The smallest absolute Gasteiger partial charge is 0.339 e. The highest BCUT2D eigenvalue weighted by molar-refractivity contribution is 5.90. The highest BCUT2D eigenvalue weighted by Crippen LogP contribution is 2.09. The molecule has 3 nitrogen and oxygen atoms in total. The Kier molecular flexibility index (Phi) is 4.11. The van der Waals surface area contributed by atoms with E-state index in [-0.39, 0.29) is 5.97 Å². The molecule has 0 radical (unpaired) electrons. The van der Waals surface area contributed by atoms with Crippen molar-refractivity contribution < 1.29 is 9.53 Å². The summed E-state index contributed by atoms with van der Waals surface area (Å²) < 4.78 is 4.68. The molecule has 0 N–H and O–H groups in total. The van der Waals surface area contributed by atoms with E-state index in [0.717, 1.165) is 25.0 Å². The Balaban J connectivity index is 2.85. The molecule has 0 fully saturated rings. The first kappa shape index (κ1) is 10.7. The molecule has 0 aromatic carbocycles. The molecule has 0 amide bonds. The van der Waals surface area contributed by atoms with E-state index in [1.54, 1.807) is 18.3 Å². The van der Waals surface area contributed by atoms with Gasteiger partial charge in [0, 0.05) is 6.20 Å². The van der Waals surface area contributed by atoms with Gasteiger partial charge in [-0.3, -0.25) is 4.98 Å². The lowest BCUT2D eigenvalue weighted by atomic mass is 10.1. The number of carbonyl (C=O) groups is 1. The summed E-state index contributed by atoms with van der Waals surface area (Å²) in [5, 5.41) is 0. The van der Waals surface area contributed by atoms with Crippen LogP contribution in [0.2, 0.25) is 0 Å². The first-order valence-electron chi connectivity index (χ1n) is 4.81. The molecular formula is C11H15NO2. The SMILES string of the molecule is CCCCc1ncccc1C(=O)OC. The monoisotopic (exact) mass is 193 g/mol. The number of carbonyl (C=O) groups excluding carboxylic acids is 1. The van der Waals surface area contributed by atoms with Crippen molar-refractivity contribution in [2.45, 2.75) is 26.2 Å². The second-order valence-electron chi connectivity index (χ2n) is 3.09. The summed E-state index contributed by atoms with van der Waals surface area (Å²) in [6, 6.07) is 3.51. The van der Waals surface area contributed by atoms with Gasteiger partial charge in [-0.1, -0.05) is 13.3 Å². The summed E-state index contributed by atoms with van der Waals surface area (Å²) in [5.41, 5.74) is 1.42. The zero-order chi connectivity index (χ0) is 10.4. The van der Waals surface area contributed by atoms with Gasteiger partial charge in [0.05, 0.1) is 18.4 Å². The van der Waals surface area contributed by atoms with Crippen molar-refractivity contribution in [2.75, 3.05) is 7.11 Å². The predicted octanol–water partition coefficient (Wildman–Crippen LogP) is 2.21. The van der Waals surface area contributed by atoms with E-state index >= 15 is 0 Å². The maximum Gasteiger partial charge on any atom is 0.339 e. The second kappa shape index (κ2) is 5.37. The van der Waals surface area contributed by atoms with Crippen molar-refractivity contribution in [3.8, 4) is 0 Å². The quantitative estimate of drug-likeness (QED) is 0.688. The van der Waals surface area contributed by atoms with Crippen LogP contribution in [0.3, 0.4) is 0 Å². The molecule has 0 saturated carbocycles. The molecule has 0 spiro atoms. The van der Waals surface area contributed by atoms with Crippen molar-refractivity contribution in [1.82, 2.24) is 4.98 Å². The van der Waals surface area contributed by atoms with Gasteiger partial charge in [-0.05, 0) is 25.0 Å². The molecule has 0 aliphatic carbocycles. The van der Waals surface area contributed by atoms with E-state index in [1.807, 2.05) is 0 Å². The minimum absolute atomic E-state index is 0.302. The average Bonchev–Trinajstić information content (AvgIpc) is 2.25. The van der Waals surface area contributed by atoms with Gasteiger partial charge in [0.2, 0.25) is 0 Å². The summed E-state index contributed by atoms with van der Waals surface area (Å²) in [7, 11) is 1.39. The number of esters is 1. The van der Waals surface area contributed by atoms with Crippen molar-refractivity contribution in [3.63, 3.8) is 0 Å². The summed E-state index contributed by atoms with van der Waals surface area (Å²) in [4.78, 5) is 15.5. The van der Waals surface area contributed by atoms with Gasteiger partial charge in [-0.15, -0.1) is 0 Å². The summed E-state index contributed by atoms with van der Waals surface area (Å²) in [6.45, 7) is 2.11. The standard InChI is InChI=1S/C11H15NO2/c1-3-4-7-10-9(11(13)14-2)6-5-8-12-10/h5-6,8H,3-4,7H2,1-2H3. The van der Waals surface area contributed by atoms with Crippen molar-refractivity contribution in [1.29, 1.82) is 0 Å². The fraction of sp³-hybridized carbons (Fsp3) is 0.455. The van der Waals surface area contributed by atoms with Gasteiger partial charge >= 0.3 is 5.97 Å². The molecule has 0 aliphatic heterocycles. The van der Waals surface area contributed by atoms with Gasteiger partial charge in [-0.2, -0.15) is 0 Å². The molecule has 1 heterocycles. The van der Waals surface area contributed by atoms with E-state index in [1.165, 1.54) is 7.11 Å². The third-order valence-corrected chi connectivity index (χ3v) is 2.06. The highest BCUT2D eigenvalue weighted by atomic mass is 16.5. The van der Waals surface area contributed by atoms with Crippen LogP contribution in [0, 0.1) is 0 Å². The Morgan fingerprint density at radius 3 is 3.00 bits per heavy atom. The van der Waals surface area contributed by atoms with Crippen LogP contribution in [-0.2, 0) is 11.2 Å². The van der Waals surface area contributed by atoms with E-state index in [4.69, 9.17) is 0 Å². The van der Waals surface area contributed by atoms with Gasteiger partial charge in [-0.25, -0.2) is 4.79 Å². The zero-order valence-corrected chi connectivity index (χ0v) is 8.62. The first-order chi connectivity index (χ1) is 6.79. The number of pyridine rings is 1. The molecule has 0 aliphatic rings. The van der Waals surface area contributed by atoms with Crippen LogP contribution >= 0.6 is 0 Å². The predicted molar refractivity (Wildman–Crippen MR) is 54.2 cm³/mol. The van der Waals surface area contributed by atoms with Crippen LogP contribution in [0.4, 0.5) is 0 Å². The minimum atomic E-state index is -0.302. The Morgan fingerprint density at radius 1 is 1.57 bits per heavy atom. The maximum atomic E-state index is 11.3. The first-order valence-corrected chi connectivity index (χ1v) is 4.81. The Labute approximate surface area is 84.1 Å². The molecule has 0 saturated heterocycles. The van der Waals surface area contributed by atoms with Crippen LogP contribution < -0.4 is 0 Å². The Hall–Kier alpha value is -1.38. The highest BCUT2D eigenvalue weighted by Gasteiger charge is 2.11. The number of ether oxygens (including phenoxy) is 1. The van der Waals surface area contributed by atoms with Gasteiger partial charge < -0.3 is 4.74 Å². The second-order valence-corrected chi connectivity index (χ2v) is 3.09. The average molecular weight is 193 g/mol. The third-order valence-electron chi connectivity index (χ3n) is 2.06. The van der Waals surface area contributed by atoms with Crippen LogP contribution in [0.15, 0.2) is 18.3 Å². The fourth-order valence-corrected chi connectivity index (χ4v) is 1.28. The van der Waals surface area contributed by atoms with E-state index in [2.05, 4.69) is 16.6 Å². The largest absolute Gasteiger partial charge is 0.465 e. The molecule has 14 heavy (non-hydrogen) atoms. The van der Waals surface area contributed by atoms with Crippen LogP contribution in [-0.4, -0.2) is 18.1 Å². The van der Waals surface area contributed by atoms with E-state index in [9.17, 15) is 4.79 Å². The van der Waals surface area contributed by atoms with E-state index < -0.39 is 0 Å². The van der Waals surface area contributed by atoms with E-state index in [0.29, 0.717) is 5.56 Å². The van der Waals surface area contributed by atoms with Gasteiger partial charge in [0.25, 0.3) is 0 Å². The van der Waals surface area contributed by atoms with Gasteiger partial charge in [0.1, 0.15) is 0 Å². The molecule has 1 aromatic rings. The Bertz CT molecular complexity index is 310. The number of rotatable bonds is 4. The normalized spacial score (nSPS) is 9.86. The number of unbranched alkanes of at least 4 members (excludes halogenated alkanes) is 1. The Morgan fingerprint density at radius 2 is 2.36 bits per heavy atom. The minimum Gasteiger partial charge on any atom is -0.465 e. The maximum absolute atomic E-state index is 11.3. The zero-order valence-electron chi connectivity index (χ0n) is 8.62. The summed E-state index contributed by atoms with van der Waals surface area (Å²) in [6.07, 6.45) is 4.68. The molecule has 0 bridgehead atoms. The topological polar surface area (TPSA) is 39.2 Å². The van der Waals surface area contributed by atoms with Crippen molar-refractivity contribution in [2.24, 2.45) is 0 Å². The molecule has 0 atom stereocenters. The molecular weight excluding hydrogens is 178 g/mol. The lowest BCUT2D eigenvalue weighted by molar-refractivity contribution is 0.0599. The fourth-order valence-electron chi connectivity index (χ4n) is 1.28. The number of hydrogen-bond acceptors (Lipinski definition) is 3. The van der Waals surface area contributed by atoms with Crippen LogP contribution in [0.25, 0.3) is 0 Å². The molecule has 1 rings (SSSR count). The summed E-state index contributed by atoms with van der Waals surface area (Å²) in [5.74, 6) is -0.302. The lowest BCUT2D eigenvalue weighted by Crippen LogP contribution is -2.07. The number of aromatic nitrogens is 1. The van der Waals surface area contributed by atoms with Crippen LogP contribution in [0.5, 0.6) is 0 Å². The third kappa shape index (κ3) is 2.55. The number of nitrogens with zero attached hydrogens (tertiary/aromatic N) is 1. The molecule has 76 valence electrons. The lowest BCUT2D eigenvalue weighted by Gasteiger charge is -2.05. The van der Waals surface area contributed by atoms with Crippen molar-refractivity contribution >= 4 is 5.97 Å². The molecule has 1 aromatic heterocycles. The summed E-state index contributed by atoms with van der Waals surface area (Å²) >= 11 is 0. The number of hydrogen-bond donors (Lipinski definition) is 0. The van der Waals surface area contributed by atoms with Crippen LogP contribution in [0.1, 0.15) is 35.8 Å². The van der Waals surface area contributed by atoms with Gasteiger partial charge in [0.15, 0.2) is 0 Å². The number of methoxy groups -OCH3 is 1. The molecule has 0 unspecified atom stereocenters.